The molecule has 1 aliphatic heterocycles. The van der Waals surface area contributed by atoms with Crippen LogP contribution in [0.4, 0.5) is 0 Å². The molecule has 0 saturated heterocycles. The molecule has 0 fully saturated rings. The van der Waals surface area contributed by atoms with E-state index in [1.54, 1.807) is 0 Å². The Balaban J connectivity index is 2.60. The summed E-state index contributed by atoms with van der Waals surface area (Å²) in [7, 11) is 0. The number of amides is 1. The summed E-state index contributed by atoms with van der Waals surface area (Å²) in [5, 5.41) is 20.7. The molecule has 1 heterocycles. The largest absolute Gasteiger partial charge is 0.485 e. The van der Waals surface area contributed by atoms with Gasteiger partial charge in [-0.05, 0) is 6.42 Å². The van der Waals surface area contributed by atoms with Crippen LogP contribution in [0.1, 0.15) is 77.6 Å². The van der Waals surface area contributed by atoms with Gasteiger partial charge in [0.1, 0.15) is 13.2 Å². The number of hydrogen-bond donors (Lipinski definition) is 2. The first-order valence-electron chi connectivity index (χ1n) is 11.4. The van der Waals surface area contributed by atoms with Gasteiger partial charge in [-0.3, -0.25) is 4.79 Å². The predicted molar refractivity (Wildman–Crippen MR) is 120 cm³/mol. The van der Waals surface area contributed by atoms with E-state index >= 15 is 0 Å². The number of nitrogens with zero attached hydrogens (tertiary/aromatic N) is 1. The van der Waals surface area contributed by atoms with Crippen molar-refractivity contribution in [1.82, 2.24) is 4.90 Å². The van der Waals surface area contributed by atoms with Crippen molar-refractivity contribution >= 4 is 5.91 Å². The Morgan fingerprint density at radius 1 is 0.933 bits per heavy atom. The second-order valence-electron chi connectivity index (χ2n) is 7.79. The van der Waals surface area contributed by atoms with Crippen LogP contribution >= 0.6 is 0 Å². The lowest BCUT2D eigenvalue weighted by molar-refractivity contribution is -0.151. The second kappa shape index (κ2) is 15.1. The lowest BCUT2D eigenvalue weighted by atomic mass is 10.1. The predicted octanol–water partition coefficient (Wildman–Crippen LogP) is 4.44. The maximum absolute atomic E-state index is 12.9. The molecule has 2 N–H and O–H groups in total. The van der Waals surface area contributed by atoms with Crippen LogP contribution < -0.4 is 0 Å². The topological polar surface area (TPSA) is 79.2 Å². The Morgan fingerprint density at radius 2 is 1.47 bits per heavy atom. The third-order valence-corrected chi connectivity index (χ3v) is 5.34. The highest BCUT2D eigenvalue weighted by Crippen LogP contribution is 2.38. The van der Waals surface area contributed by atoms with Crippen molar-refractivity contribution in [3.8, 4) is 0 Å². The van der Waals surface area contributed by atoms with Crippen molar-refractivity contribution in [1.29, 1.82) is 0 Å². The zero-order chi connectivity index (χ0) is 22.2. The Labute approximate surface area is 182 Å². The van der Waals surface area contributed by atoms with Gasteiger partial charge in [-0.25, -0.2) is 0 Å². The number of aliphatic hydroxyl groups excluding tert-OH is 1. The van der Waals surface area contributed by atoms with Gasteiger partial charge in [0.25, 0.3) is 5.91 Å². The van der Waals surface area contributed by atoms with Crippen molar-refractivity contribution in [3.05, 3.63) is 36.8 Å². The average Bonchev–Trinajstić information content (AvgIpc) is 2.92. The van der Waals surface area contributed by atoms with E-state index < -0.39 is 11.6 Å². The normalized spacial score (nSPS) is 18.8. The van der Waals surface area contributed by atoms with Gasteiger partial charge >= 0.3 is 0 Å². The molecule has 0 bridgehead atoms. The quantitative estimate of drug-likeness (QED) is 0.237. The molecule has 1 unspecified atom stereocenters. The fraction of sp³-hybridized carbons (Fsp3) is 0.708. The summed E-state index contributed by atoms with van der Waals surface area (Å²) in [5.41, 5.74) is -1.70. The molecule has 6 nitrogen and oxygen atoms in total. The van der Waals surface area contributed by atoms with Crippen LogP contribution in [0, 0.1) is 0 Å². The first-order chi connectivity index (χ1) is 14.6. The van der Waals surface area contributed by atoms with Gasteiger partial charge in [0.15, 0.2) is 5.76 Å². The molecule has 172 valence electrons. The molecular weight excluding hydrogens is 382 g/mol. The van der Waals surface area contributed by atoms with Crippen molar-refractivity contribution in [2.75, 3.05) is 26.4 Å². The second-order valence-corrected chi connectivity index (χ2v) is 7.79. The first-order valence-corrected chi connectivity index (χ1v) is 11.4. The van der Waals surface area contributed by atoms with Gasteiger partial charge in [-0.2, -0.15) is 0 Å². The average molecular weight is 424 g/mol. The molecule has 1 rings (SSSR count). The van der Waals surface area contributed by atoms with Crippen molar-refractivity contribution in [2.45, 2.75) is 83.3 Å². The minimum Gasteiger partial charge on any atom is -0.485 e. The summed E-state index contributed by atoms with van der Waals surface area (Å²) in [5.74, 6) is -0.377. The molecule has 1 amide bonds. The van der Waals surface area contributed by atoms with E-state index in [-0.39, 0.29) is 37.8 Å². The van der Waals surface area contributed by atoms with E-state index in [1.807, 2.05) is 0 Å². The van der Waals surface area contributed by atoms with Crippen molar-refractivity contribution < 1.29 is 24.5 Å². The van der Waals surface area contributed by atoms with E-state index in [9.17, 15) is 15.0 Å². The van der Waals surface area contributed by atoms with E-state index in [0.29, 0.717) is 6.54 Å². The van der Waals surface area contributed by atoms with E-state index in [2.05, 4.69) is 20.1 Å². The van der Waals surface area contributed by atoms with Gasteiger partial charge in [0, 0.05) is 19.6 Å². The van der Waals surface area contributed by atoms with Gasteiger partial charge < -0.3 is 24.6 Å². The number of hydrogen-bond acceptors (Lipinski definition) is 5. The van der Waals surface area contributed by atoms with Crippen molar-refractivity contribution in [2.24, 2.45) is 0 Å². The van der Waals surface area contributed by atoms with Crippen LogP contribution in [-0.4, -0.2) is 53.1 Å². The first kappa shape index (κ1) is 26.2. The van der Waals surface area contributed by atoms with Crippen LogP contribution in [0.3, 0.4) is 0 Å². The van der Waals surface area contributed by atoms with E-state index in [0.717, 1.165) is 19.3 Å². The number of carbonyl (C=O) groups is 1. The molecule has 0 aromatic carbocycles. The van der Waals surface area contributed by atoms with Gasteiger partial charge in [0.2, 0.25) is 11.5 Å². The molecule has 6 heteroatoms. The molecule has 0 spiro atoms. The maximum Gasteiger partial charge on any atom is 0.295 e. The Bertz CT molecular complexity index is 560. The van der Waals surface area contributed by atoms with Gasteiger partial charge in [-0.1, -0.05) is 90.0 Å². The summed E-state index contributed by atoms with van der Waals surface area (Å²) in [6.45, 7) is 9.79. The lowest BCUT2D eigenvalue weighted by Crippen LogP contribution is -2.50. The summed E-state index contributed by atoms with van der Waals surface area (Å²) < 4.78 is 11.1. The van der Waals surface area contributed by atoms with Gasteiger partial charge in [-0.15, -0.1) is 0 Å². The third kappa shape index (κ3) is 7.80. The van der Waals surface area contributed by atoms with Crippen LogP contribution in [0.2, 0.25) is 0 Å². The molecule has 0 aromatic rings. The Morgan fingerprint density at radius 3 is 2.00 bits per heavy atom. The van der Waals surface area contributed by atoms with Crippen molar-refractivity contribution in [3.63, 3.8) is 0 Å². The molecule has 1 aliphatic rings. The van der Waals surface area contributed by atoms with Crippen LogP contribution in [0.25, 0.3) is 0 Å². The molecule has 0 saturated carbocycles. The van der Waals surface area contributed by atoms with Crippen LogP contribution in [0.5, 0.6) is 0 Å². The minimum atomic E-state index is -1.70. The number of carbonyl (C=O) groups excluding carboxylic acids is 1. The monoisotopic (exact) mass is 423 g/mol. The lowest BCUT2D eigenvalue weighted by Gasteiger charge is -2.34. The minimum absolute atomic E-state index is 0.0141. The molecule has 30 heavy (non-hydrogen) atoms. The molecular formula is C24H41NO5. The summed E-state index contributed by atoms with van der Waals surface area (Å²) in [6, 6.07) is 0. The zero-order valence-electron chi connectivity index (χ0n) is 18.7. The van der Waals surface area contributed by atoms with Crippen LogP contribution in [-0.2, 0) is 14.3 Å². The number of aliphatic hydroxyl groups is 2. The summed E-state index contributed by atoms with van der Waals surface area (Å²) in [6.07, 6.45) is 14.9. The molecule has 0 aromatic heterocycles. The number of rotatable bonds is 19. The summed E-state index contributed by atoms with van der Waals surface area (Å²) >= 11 is 0. The highest BCUT2D eigenvalue weighted by molar-refractivity contribution is 5.96. The fourth-order valence-electron chi connectivity index (χ4n) is 3.73. The van der Waals surface area contributed by atoms with Crippen LogP contribution in [0.15, 0.2) is 36.8 Å². The SMILES string of the molecule is C=CCOC1=C(OCC=C)C(O)(CCO)N(CCCCCCCCCCCC)C1=O. The standard InChI is InChI=1S/C24H41NO5/c1-4-7-8-9-10-11-12-13-14-15-17-25-23(27)21(29-19-5-2)22(30-20-6-3)24(25,28)16-18-26/h5-6,26,28H,2-4,7-20H2,1H3. The molecule has 1 atom stereocenters. The number of unbranched alkanes of at least 4 members (excludes halogenated alkanes) is 9. The third-order valence-electron chi connectivity index (χ3n) is 5.34. The smallest absolute Gasteiger partial charge is 0.295 e. The fourth-order valence-corrected chi connectivity index (χ4v) is 3.73. The Hall–Kier alpha value is -1.79. The Kier molecular flexibility index (Phi) is 13.2. The molecule has 0 radical (unpaired) electrons. The van der Waals surface area contributed by atoms with E-state index in [4.69, 9.17) is 9.47 Å². The molecule has 0 aliphatic carbocycles. The maximum atomic E-state index is 12.9. The summed E-state index contributed by atoms with van der Waals surface area (Å²) in [4.78, 5) is 14.3. The number of ether oxygens (including phenoxy) is 2. The van der Waals surface area contributed by atoms with E-state index in [1.165, 1.54) is 62.0 Å². The van der Waals surface area contributed by atoms with Gasteiger partial charge in [0.05, 0.1) is 0 Å². The highest BCUT2D eigenvalue weighted by Gasteiger charge is 2.53. The zero-order valence-corrected chi connectivity index (χ0v) is 18.7. The highest BCUT2D eigenvalue weighted by atomic mass is 16.5.